The first-order valence-electron chi connectivity index (χ1n) is 7.27. The van der Waals surface area contributed by atoms with Crippen LogP contribution in [-0.2, 0) is 4.79 Å². The predicted molar refractivity (Wildman–Crippen MR) is 79.2 cm³/mol. The molecule has 1 aromatic rings. The van der Waals surface area contributed by atoms with Crippen molar-refractivity contribution >= 4 is 11.6 Å². The number of hydrogen-bond acceptors (Lipinski definition) is 2. The van der Waals surface area contributed by atoms with E-state index in [1.54, 1.807) is 0 Å². The molecule has 0 aliphatic carbocycles. The zero-order chi connectivity index (χ0) is 13.7. The van der Waals surface area contributed by atoms with E-state index in [9.17, 15) is 4.79 Å². The third-order valence-corrected chi connectivity index (χ3v) is 3.96. The topological polar surface area (TPSA) is 32.3 Å². The number of amides is 1. The number of hydrogen-bond donors (Lipinski definition) is 1. The van der Waals surface area contributed by atoms with Crippen molar-refractivity contribution in [2.45, 2.75) is 51.6 Å². The van der Waals surface area contributed by atoms with E-state index >= 15 is 0 Å². The second-order valence-electron chi connectivity index (χ2n) is 5.55. The average molecular weight is 260 g/mol. The lowest BCUT2D eigenvalue weighted by Gasteiger charge is -2.37. The van der Waals surface area contributed by atoms with E-state index in [0.29, 0.717) is 18.5 Å². The Hall–Kier alpha value is -1.35. The minimum Gasteiger partial charge on any atom is -0.326 e. The van der Waals surface area contributed by atoms with Crippen molar-refractivity contribution in [3.63, 3.8) is 0 Å². The Balaban J connectivity index is 1.84. The quantitative estimate of drug-likeness (QED) is 0.901. The molecule has 3 heteroatoms. The number of benzene rings is 1. The number of para-hydroxylation sites is 1. The summed E-state index contributed by atoms with van der Waals surface area (Å²) in [7, 11) is 0. The zero-order valence-electron chi connectivity index (χ0n) is 11.9. The number of likely N-dealkylation sites (tertiary alicyclic amines) is 1. The Bertz CT molecular complexity index is 404. The summed E-state index contributed by atoms with van der Waals surface area (Å²) in [5.41, 5.74) is 0.881. The second kappa shape index (κ2) is 6.71. The summed E-state index contributed by atoms with van der Waals surface area (Å²) >= 11 is 0. The van der Waals surface area contributed by atoms with Crippen molar-refractivity contribution in [1.29, 1.82) is 0 Å². The van der Waals surface area contributed by atoms with E-state index in [4.69, 9.17) is 0 Å². The average Bonchev–Trinajstić information content (AvgIpc) is 2.40. The molecule has 1 fully saturated rings. The summed E-state index contributed by atoms with van der Waals surface area (Å²) in [4.78, 5) is 14.5. The first-order valence-corrected chi connectivity index (χ1v) is 7.27. The van der Waals surface area contributed by atoms with Crippen LogP contribution in [0.25, 0.3) is 0 Å². The molecule has 19 heavy (non-hydrogen) atoms. The molecule has 104 valence electrons. The molecular weight excluding hydrogens is 236 g/mol. The summed E-state index contributed by atoms with van der Waals surface area (Å²) in [5.74, 6) is 0.108. The van der Waals surface area contributed by atoms with Gasteiger partial charge in [0, 0.05) is 24.2 Å². The molecule has 0 aromatic heterocycles. The van der Waals surface area contributed by atoms with Crippen LogP contribution >= 0.6 is 0 Å². The zero-order valence-corrected chi connectivity index (χ0v) is 11.9. The summed E-state index contributed by atoms with van der Waals surface area (Å²) < 4.78 is 0. The van der Waals surface area contributed by atoms with Crippen molar-refractivity contribution in [2.24, 2.45) is 0 Å². The number of nitrogens with one attached hydrogen (secondary N) is 1. The van der Waals surface area contributed by atoms with E-state index in [-0.39, 0.29) is 5.91 Å². The summed E-state index contributed by atoms with van der Waals surface area (Å²) in [6.45, 7) is 5.55. The van der Waals surface area contributed by atoms with Gasteiger partial charge in [-0.1, -0.05) is 24.6 Å². The van der Waals surface area contributed by atoms with Gasteiger partial charge in [-0.15, -0.1) is 0 Å². The van der Waals surface area contributed by atoms with E-state index < -0.39 is 0 Å². The van der Waals surface area contributed by atoms with Crippen molar-refractivity contribution < 1.29 is 4.79 Å². The van der Waals surface area contributed by atoms with E-state index in [0.717, 1.165) is 12.2 Å². The number of rotatable bonds is 4. The molecule has 1 amide bonds. The van der Waals surface area contributed by atoms with E-state index in [1.807, 2.05) is 30.3 Å². The molecule has 3 nitrogen and oxygen atoms in total. The molecule has 1 aliphatic rings. The first kappa shape index (κ1) is 14.1. The van der Waals surface area contributed by atoms with Gasteiger partial charge in [0.1, 0.15) is 0 Å². The molecule has 0 bridgehead atoms. The highest BCUT2D eigenvalue weighted by atomic mass is 16.1. The van der Waals surface area contributed by atoms with Gasteiger partial charge in [-0.05, 0) is 45.4 Å². The van der Waals surface area contributed by atoms with Crippen molar-refractivity contribution in [3.8, 4) is 0 Å². The Morgan fingerprint density at radius 1 is 1.37 bits per heavy atom. The highest BCUT2D eigenvalue weighted by molar-refractivity contribution is 5.91. The molecule has 2 rings (SSSR count). The lowest BCUT2D eigenvalue weighted by Crippen LogP contribution is -2.44. The first-order chi connectivity index (χ1) is 9.16. The maximum atomic E-state index is 12.0. The molecule has 1 saturated heterocycles. The van der Waals surface area contributed by atoms with Gasteiger partial charge in [0.25, 0.3) is 0 Å². The Morgan fingerprint density at radius 3 is 2.79 bits per heavy atom. The molecule has 0 spiro atoms. The fourth-order valence-electron chi connectivity index (χ4n) is 2.89. The molecule has 0 saturated carbocycles. The van der Waals surface area contributed by atoms with Gasteiger partial charge >= 0.3 is 0 Å². The molecule has 0 unspecified atom stereocenters. The molecule has 0 radical (unpaired) electrons. The van der Waals surface area contributed by atoms with Crippen LogP contribution in [0.3, 0.4) is 0 Å². The normalized spacial score (nSPS) is 21.9. The minimum atomic E-state index is 0.108. The molecule has 1 aromatic carbocycles. The third-order valence-electron chi connectivity index (χ3n) is 3.96. The maximum Gasteiger partial charge on any atom is 0.225 e. The fraction of sp³-hybridized carbons (Fsp3) is 0.562. The number of nitrogens with zero attached hydrogens (tertiary/aromatic N) is 1. The lowest BCUT2D eigenvalue weighted by atomic mass is 10.0. The van der Waals surface area contributed by atoms with E-state index in [1.165, 1.54) is 19.3 Å². The SMILES string of the molecule is C[C@H](CC(=O)Nc1ccccc1)N1CCCC[C@@H]1C. The summed E-state index contributed by atoms with van der Waals surface area (Å²) in [5, 5.41) is 2.96. The van der Waals surface area contributed by atoms with E-state index in [2.05, 4.69) is 24.1 Å². The van der Waals surface area contributed by atoms with Crippen LogP contribution < -0.4 is 5.32 Å². The van der Waals surface area contributed by atoms with Crippen LogP contribution in [0.2, 0.25) is 0 Å². The fourth-order valence-corrected chi connectivity index (χ4v) is 2.89. The van der Waals surface area contributed by atoms with Crippen LogP contribution in [0.1, 0.15) is 39.5 Å². The van der Waals surface area contributed by atoms with Crippen LogP contribution in [0.15, 0.2) is 30.3 Å². The van der Waals surface area contributed by atoms with Gasteiger partial charge in [-0.2, -0.15) is 0 Å². The van der Waals surface area contributed by atoms with Gasteiger partial charge in [-0.3, -0.25) is 9.69 Å². The molecule has 2 atom stereocenters. The largest absolute Gasteiger partial charge is 0.326 e. The third kappa shape index (κ3) is 4.06. The van der Waals surface area contributed by atoms with Crippen LogP contribution in [0, 0.1) is 0 Å². The van der Waals surface area contributed by atoms with Gasteiger partial charge in [-0.25, -0.2) is 0 Å². The van der Waals surface area contributed by atoms with Crippen molar-refractivity contribution in [3.05, 3.63) is 30.3 Å². The minimum absolute atomic E-state index is 0.108. The Morgan fingerprint density at radius 2 is 2.11 bits per heavy atom. The van der Waals surface area contributed by atoms with Gasteiger partial charge in [0.2, 0.25) is 5.91 Å². The van der Waals surface area contributed by atoms with Crippen LogP contribution in [0.5, 0.6) is 0 Å². The summed E-state index contributed by atoms with van der Waals surface area (Å²) in [6.07, 6.45) is 4.40. The summed E-state index contributed by atoms with van der Waals surface area (Å²) in [6, 6.07) is 10.6. The predicted octanol–water partition coefficient (Wildman–Crippen LogP) is 3.28. The highest BCUT2D eigenvalue weighted by Gasteiger charge is 2.24. The molecule has 1 N–H and O–H groups in total. The Labute approximate surface area is 116 Å². The smallest absolute Gasteiger partial charge is 0.225 e. The highest BCUT2D eigenvalue weighted by Crippen LogP contribution is 2.20. The molecule has 1 heterocycles. The van der Waals surface area contributed by atoms with Gasteiger partial charge in [0.15, 0.2) is 0 Å². The number of carbonyl (C=O) groups excluding carboxylic acids is 1. The number of carbonyl (C=O) groups is 1. The number of anilines is 1. The maximum absolute atomic E-state index is 12.0. The number of piperidine rings is 1. The monoisotopic (exact) mass is 260 g/mol. The van der Waals surface area contributed by atoms with Gasteiger partial charge in [0.05, 0.1) is 0 Å². The molecule has 1 aliphatic heterocycles. The molecular formula is C16H24N2O. The lowest BCUT2D eigenvalue weighted by molar-refractivity contribution is -0.117. The van der Waals surface area contributed by atoms with Gasteiger partial charge < -0.3 is 5.32 Å². The van der Waals surface area contributed by atoms with Crippen molar-refractivity contribution in [1.82, 2.24) is 4.90 Å². The Kier molecular flexibility index (Phi) is 4.97. The van der Waals surface area contributed by atoms with Crippen molar-refractivity contribution in [2.75, 3.05) is 11.9 Å². The second-order valence-corrected chi connectivity index (χ2v) is 5.55. The van der Waals surface area contributed by atoms with Crippen LogP contribution in [-0.4, -0.2) is 29.4 Å². The van der Waals surface area contributed by atoms with Crippen LogP contribution in [0.4, 0.5) is 5.69 Å². The standard InChI is InChI=1S/C16H24N2O/c1-13-8-6-7-11-18(13)14(2)12-16(19)17-15-9-4-3-5-10-15/h3-5,9-10,13-14H,6-8,11-12H2,1-2H3,(H,17,19)/t13-,14+/m0/s1.